The maximum Gasteiger partial charge on any atom is 0.330 e. The van der Waals surface area contributed by atoms with E-state index in [4.69, 9.17) is 10.3 Å². The van der Waals surface area contributed by atoms with Crippen LogP contribution < -0.4 is 11.2 Å². The van der Waals surface area contributed by atoms with Crippen molar-refractivity contribution in [3.05, 3.63) is 43.0 Å². The number of hydrogen-bond acceptors (Lipinski definition) is 7. The van der Waals surface area contributed by atoms with E-state index in [1.807, 2.05) is 4.98 Å². The normalized spacial score (nSPS) is 26.6. The highest BCUT2D eigenvalue weighted by Gasteiger charge is 2.55. The van der Waals surface area contributed by atoms with Gasteiger partial charge in [0, 0.05) is 16.7 Å². The van der Waals surface area contributed by atoms with Crippen molar-refractivity contribution in [2.45, 2.75) is 30.9 Å². The van der Waals surface area contributed by atoms with Gasteiger partial charge in [0.25, 0.3) is 5.56 Å². The quantitative estimate of drug-likeness (QED) is 0.288. The Hall–Kier alpha value is -2.17. The molecule has 0 radical (unpaired) electrons. The Morgan fingerprint density at radius 3 is 2.68 bits per heavy atom. The lowest BCUT2D eigenvalue weighted by atomic mass is 9.95. The lowest BCUT2D eigenvalue weighted by molar-refractivity contribution is -0.132. The molecular formula is C11H15N5O6. The highest BCUT2D eigenvalue weighted by Crippen LogP contribution is 2.38. The molecule has 1 saturated heterocycles. The van der Waals surface area contributed by atoms with Crippen molar-refractivity contribution in [1.82, 2.24) is 9.55 Å². The van der Waals surface area contributed by atoms with Crippen molar-refractivity contribution in [3.63, 3.8) is 0 Å². The van der Waals surface area contributed by atoms with E-state index in [9.17, 15) is 24.9 Å². The molecular weight excluding hydrogens is 298 g/mol. The summed E-state index contributed by atoms with van der Waals surface area (Å²) in [7, 11) is 0. The van der Waals surface area contributed by atoms with Gasteiger partial charge in [0.1, 0.15) is 17.7 Å². The Labute approximate surface area is 123 Å². The fourth-order valence-corrected chi connectivity index (χ4v) is 2.38. The lowest BCUT2D eigenvalue weighted by Gasteiger charge is -2.27. The fourth-order valence-electron chi connectivity index (χ4n) is 2.38. The number of aryl methyl sites for hydroxylation is 1. The van der Waals surface area contributed by atoms with Crippen LogP contribution in [0.15, 0.2) is 20.9 Å². The van der Waals surface area contributed by atoms with Crippen molar-refractivity contribution in [1.29, 1.82) is 0 Å². The Morgan fingerprint density at radius 1 is 1.50 bits per heavy atom. The molecule has 0 saturated carbocycles. The largest absolute Gasteiger partial charge is 0.393 e. The van der Waals surface area contributed by atoms with E-state index in [1.54, 1.807) is 0 Å². The Morgan fingerprint density at radius 2 is 2.14 bits per heavy atom. The van der Waals surface area contributed by atoms with Crippen molar-refractivity contribution in [2.75, 3.05) is 13.2 Å². The highest BCUT2D eigenvalue weighted by molar-refractivity contribution is 5.08. The van der Waals surface area contributed by atoms with Gasteiger partial charge in [0.2, 0.25) is 0 Å². The third-order valence-electron chi connectivity index (χ3n) is 3.64. The SMILES string of the molecule is Cc1cn(C2OC(CO)(CO)C(N=[N+]=[N-])C2O)c(=O)[nH]c1=O. The van der Waals surface area contributed by atoms with Gasteiger partial charge in [0.05, 0.1) is 13.2 Å². The number of aliphatic hydroxyl groups excluding tert-OH is 3. The van der Waals surface area contributed by atoms with Gasteiger partial charge < -0.3 is 20.1 Å². The topological polar surface area (TPSA) is 174 Å². The molecule has 0 aliphatic carbocycles. The van der Waals surface area contributed by atoms with E-state index in [0.717, 1.165) is 4.57 Å². The first-order valence-electron chi connectivity index (χ1n) is 6.34. The number of aliphatic hydroxyl groups is 3. The minimum Gasteiger partial charge on any atom is -0.393 e. The summed E-state index contributed by atoms with van der Waals surface area (Å²) >= 11 is 0. The van der Waals surface area contributed by atoms with Gasteiger partial charge in [-0.2, -0.15) is 0 Å². The van der Waals surface area contributed by atoms with Crippen LogP contribution in [0.1, 0.15) is 11.8 Å². The van der Waals surface area contributed by atoms with Gasteiger partial charge >= 0.3 is 5.69 Å². The van der Waals surface area contributed by atoms with Crippen LogP contribution >= 0.6 is 0 Å². The zero-order chi connectivity index (χ0) is 16.5. The molecule has 4 N–H and O–H groups in total. The number of H-pyrrole nitrogens is 1. The number of nitrogens with one attached hydrogen (secondary N) is 1. The van der Waals surface area contributed by atoms with Crippen LogP contribution in [0.5, 0.6) is 0 Å². The standard InChI is InChI=1S/C11H15N5O6/c1-5-2-16(10(21)13-8(5)20)9-6(19)7(14-15-12)11(3-17,4-18)22-9/h2,6-7,9,17-19H,3-4H2,1H3,(H,13,20,21). The molecule has 2 rings (SSSR count). The predicted octanol–water partition coefficient (Wildman–Crippen LogP) is -1.86. The summed E-state index contributed by atoms with van der Waals surface area (Å²) in [5.74, 6) is 0. The molecule has 0 amide bonds. The van der Waals surface area contributed by atoms with E-state index in [1.165, 1.54) is 13.1 Å². The van der Waals surface area contributed by atoms with Gasteiger partial charge in [-0.25, -0.2) is 4.79 Å². The van der Waals surface area contributed by atoms with Gasteiger partial charge in [-0.15, -0.1) is 0 Å². The number of azide groups is 1. The van der Waals surface area contributed by atoms with E-state index in [2.05, 4.69) is 10.0 Å². The van der Waals surface area contributed by atoms with Gasteiger partial charge in [-0.05, 0) is 12.5 Å². The predicted molar refractivity (Wildman–Crippen MR) is 72.0 cm³/mol. The molecule has 11 nitrogen and oxygen atoms in total. The van der Waals surface area contributed by atoms with Crippen molar-refractivity contribution in [2.24, 2.45) is 5.11 Å². The third-order valence-corrected chi connectivity index (χ3v) is 3.64. The minimum atomic E-state index is -1.74. The molecule has 0 bridgehead atoms. The molecule has 0 spiro atoms. The van der Waals surface area contributed by atoms with Gasteiger partial charge in [-0.3, -0.25) is 14.3 Å². The molecule has 1 aromatic rings. The first-order valence-corrected chi connectivity index (χ1v) is 6.34. The average molecular weight is 313 g/mol. The van der Waals surface area contributed by atoms with E-state index < -0.39 is 48.4 Å². The summed E-state index contributed by atoms with van der Waals surface area (Å²) in [5, 5.41) is 32.5. The van der Waals surface area contributed by atoms with Gasteiger partial charge in [-0.1, -0.05) is 5.11 Å². The zero-order valence-electron chi connectivity index (χ0n) is 11.6. The van der Waals surface area contributed by atoms with E-state index >= 15 is 0 Å². The maximum atomic E-state index is 11.9. The highest BCUT2D eigenvalue weighted by atomic mass is 16.6. The molecule has 22 heavy (non-hydrogen) atoms. The molecule has 3 atom stereocenters. The third kappa shape index (κ3) is 2.40. The molecule has 3 unspecified atom stereocenters. The zero-order valence-corrected chi connectivity index (χ0v) is 11.6. The minimum absolute atomic E-state index is 0.196. The molecule has 1 aliphatic rings. The summed E-state index contributed by atoms with van der Waals surface area (Å²) in [4.78, 5) is 27.8. The van der Waals surface area contributed by atoms with Crippen LogP contribution in [-0.4, -0.2) is 55.8 Å². The summed E-state index contributed by atoms with van der Waals surface area (Å²) in [6.07, 6.45) is -1.66. The van der Waals surface area contributed by atoms with Gasteiger partial charge in [0.15, 0.2) is 6.23 Å². The Balaban J connectivity index is 2.54. The van der Waals surface area contributed by atoms with Crippen LogP contribution in [0.25, 0.3) is 10.4 Å². The molecule has 2 heterocycles. The average Bonchev–Trinajstić information content (AvgIpc) is 2.77. The lowest BCUT2D eigenvalue weighted by Crippen LogP contribution is -2.48. The second-order valence-electron chi connectivity index (χ2n) is 5.01. The van der Waals surface area contributed by atoms with E-state index in [-0.39, 0.29) is 5.56 Å². The number of ether oxygens (including phenoxy) is 1. The molecule has 1 fully saturated rings. The van der Waals surface area contributed by atoms with Crippen LogP contribution in [0, 0.1) is 6.92 Å². The second-order valence-corrected chi connectivity index (χ2v) is 5.01. The Bertz CT molecular complexity index is 716. The summed E-state index contributed by atoms with van der Waals surface area (Å²) in [6.45, 7) is -0.0258. The van der Waals surface area contributed by atoms with E-state index in [0.29, 0.717) is 0 Å². The first-order chi connectivity index (χ1) is 10.4. The molecule has 120 valence electrons. The van der Waals surface area contributed by atoms with Crippen molar-refractivity contribution >= 4 is 0 Å². The monoisotopic (exact) mass is 313 g/mol. The molecule has 1 aliphatic heterocycles. The summed E-state index contributed by atoms with van der Waals surface area (Å²) in [6, 6.07) is -1.31. The number of aromatic nitrogens is 2. The Kier molecular flexibility index (Phi) is 4.35. The van der Waals surface area contributed by atoms with Crippen LogP contribution in [0.3, 0.4) is 0 Å². The number of rotatable bonds is 4. The second kappa shape index (κ2) is 5.91. The molecule has 11 heteroatoms. The number of aromatic amines is 1. The van der Waals surface area contributed by atoms with Crippen molar-refractivity contribution < 1.29 is 20.1 Å². The van der Waals surface area contributed by atoms with Crippen LogP contribution in [-0.2, 0) is 4.74 Å². The fraction of sp³-hybridized carbons (Fsp3) is 0.636. The number of hydrogen-bond donors (Lipinski definition) is 4. The van der Waals surface area contributed by atoms with Crippen LogP contribution in [0.4, 0.5) is 0 Å². The van der Waals surface area contributed by atoms with Crippen molar-refractivity contribution in [3.8, 4) is 0 Å². The summed E-state index contributed by atoms with van der Waals surface area (Å²) in [5.41, 5.74) is 5.60. The summed E-state index contributed by atoms with van der Waals surface area (Å²) < 4.78 is 6.32. The smallest absolute Gasteiger partial charge is 0.330 e. The van der Waals surface area contributed by atoms with Crippen LogP contribution in [0.2, 0.25) is 0 Å². The number of nitrogens with zero attached hydrogens (tertiary/aromatic N) is 4. The first kappa shape index (κ1) is 16.2. The molecule has 1 aromatic heterocycles. The maximum absolute atomic E-state index is 11.9. The molecule has 0 aromatic carbocycles.